The maximum absolute atomic E-state index is 12.9. The number of anilines is 1. The summed E-state index contributed by atoms with van der Waals surface area (Å²) in [7, 11) is 0. The summed E-state index contributed by atoms with van der Waals surface area (Å²) in [6.07, 6.45) is 1.63. The van der Waals surface area contributed by atoms with Gasteiger partial charge in [0, 0.05) is 11.1 Å². The van der Waals surface area contributed by atoms with Crippen LogP contribution in [0.2, 0.25) is 5.02 Å². The van der Waals surface area contributed by atoms with E-state index in [0.29, 0.717) is 33.1 Å². The molecule has 2 heterocycles. The molecule has 0 unspecified atom stereocenters. The van der Waals surface area contributed by atoms with Gasteiger partial charge in [-0.1, -0.05) is 35.9 Å². The second kappa shape index (κ2) is 8.11. The lowest BCUT2D eigenvalue weighted by Gasteiger charge is -2.16. The van der Waals surface area contributed by atoms with Crippen molar-refractivity contribution in [2.75, 3.05) is 4.90 Å². The maximum atomic E-state index is 12.9. The number of thiocarbonyl (C=S) groups is 1. The van der Waals surface area contributed by atoms with Crippen molar-refractivity contribution in [3.05, 3.63) is 88.5 Å². The normalized spacial score (nSPS) is 15.1. The summed E-state index contributed by atoms with van der Waals surface area (Å²) in [5.41, 5.74) is 2.08. The number of carbonyl (C=O) groups is 1. The number of ether oxygens (including phenoxy) is 1. The molecule has 146 valence electrons. The average Bonchev–Trinajstić information content (AvgIpc) is 3.25. The number of halogens is 1. The summed E-state index contributed by atoms with van der Waals surface area (Å²) >= 11 is 11.3. The highest BCUT2D eigenvalue weighted by Crippen LogP contribution is 2.26. The van der Waals surface area contributed by atoms with Crippen LogP contribution in [-0.4, -0.2) is 11.0 Å². The van der Waals surface area contributed by atoms with E-state index in [1.54, 1.807) is 30.3 Å². The predicted molar refractivity (Wildman–Crippen MR) is 117 cm³/mol. The van der Waals surface area contributed by atoms with Gasteiger partial charge in [0.05, 0.1) is 5.69 Å². The smallest absolute Gasteiger partial charge is 0.281 e. The Labute approximate surface area is 178 Å². The first-order valence-corrected chi connectivity index (χ1v) is 9.70. The molecule has 2 aromatic carbocycles. The minimum Gasteiger partial charge on any atom is -0.486 e. The maximum Gasteiger partial charge on any atom is 0.281 e. The monoisotopic (exact) mass is 424 g/mol. The first-order chi connectivity index (χ1) is 14.0. The first-order valence-electron chi connectivity index (χ1n) is 8.91. The highest BCUT2D eigenvalue weighted by molar-refractivity contribution is 7.80. The Morgan fingerprint density at radius 3 is 2.79 bits per heavy atom. The van der Waals surface area contributed by atoms with E-state index in [4.69, 9.17) is 33.0 Å². The summed E-state index contributed by atoms with van der Waals surface area (Å²) in [5.74, 6) is 1.58. The molecule has 0 aliphatic carbocycles. The van der Waals surface area contributed by atoms with E-state index in [0.717, 1.165) is 11.3 Å². The summed E-state index contributed by atoms with van der Waals surface area (Å²) in [6, 6.07) is 18.3. The van der Waals surface area contributed by atoms with Gasteiger partial charge in [-0.05, 0) is 61.1 Å². The molecule has 0 saturated carbocycles. The number of rotatable bonds is 5. The lowest BCUT2D eigenvalue weighted by Crippen LogP contribution is -2.30. The van der Waals surface area contributed by atoms with E-state index in [-0.39, 0.29) is 12.5 Å². The van der Waals surface area contributed by atoms with Crippen LogP contribution in [0.4, 0.5) is 5.69 Å². The standard InChI is InChI=1S/C22H17ClN2O3S/c1-14-5-2-3-8-20(14)25-21(26)19(24-22(25)29)12-17-9-10-18(28-17)13-27-16-7-4-6-15(23)11-16/h2-12H,13H2,1H3,(H,24,29)/b19-12+. The van der Waals surface area contributed by atoms with Gasteiger partial charge in [0.15, 0.2) is 5.11 Å². The van der Waals surface area contributed by atoms with Crippen molar-refractivity contribution in [2.24, 2.45) is 0 Å². The van der Waals surface area contributed by atoms with Gasteiger partial charge in [-0.2, -0.15) is 0 Å². The Morgan fingerprint density at radius 2 is 2.00 bits per heavy atom. The molecule has 5 nitrogen and oxygen atoms in total. The Hall–Kier alpha value is -3.09. The third-order valence-corrected chi connectivity index (χ3v) is 4.90. The number of nitrogens with one attached hydrogen (secondary N) is 1. The van der Waals surface area contributed by atoms with E-state index in [1.165, 1.54) is 4.90 Å². The van der Waals surface area contributed by atoms with Gasteiger partial charge in [0.1, 0.15) is 29.6 Å². The molecule has 1 aliphatic rings. The van der Waals surface area contributed by atoms with Gasteiger partial charge in [0.2, 0.25) is 0 Å². The van der Waals surface area contributed by atoms with Crippen LogP contribution in [0, 0.1) is 6.92 Å². The minimum atomic E-state index is -0.225. The largest absolute Gasteiger partial charge is 0.486 e. The molecule has 0 atom stereocenters. The number of hydrogen-bond acceptors (Lipinski definition) is 4. The van der Waals surface area contributed by atoms with Crippen LogP contribution in [0.3, 0.4) is 0 Å². The Kier molecular flexibility index (Phi) is 5.38. The summed E-state index contributed by atoms with van der Waals surface area (Å²) in [6.45, 7) is 2.18. The van der Waals surface area contributed by atoms with Crippen molar-refractivity contribution >= 4 is 46.6 Å². The molecule has 3 aromatic rings. The van der Waals surface area contributed by atoms with E-state index >= 15 is 0 Å². The number of nitrogens with zero attached hydrogens (tertiary/aromatic N) is 1. The molecule has 1 N–H and O–H groups in total. The number of aryl methyl sites for hydroxylation is 1. The van der Waals surface area contributed by atoms with Crippen molar-refractivity contribution in [1.82, 2.24) is 5.32 Å². The molecule has 7 heteroatoms. The zero-order valence-corrected chi connectivity index (χ0v) is 17.1. The van der Waals surface area contributed by atoms with Crippen LogP contribution < -0.4 is 15.0 Å². The number of carbonyl (C=O) groups excluding carboxylic acids is 1. The molecule has 4 rings (SSSR count). The minimum absolute atomic E-state index is 0.225. The van der Waals surface area contributed by atoms with E-state index in [2.05, 4.69) is 5.32 Å². The SMILES string of the molecule is Cc1ccccc1N1C(=O)/C(=C\c2ccc(COc3cccc(Cl)c3)o2)NC1=S. The fourth-order valence-corrected chi connectivity index (χ4v) is 3.44. The number of para-hydroxylation sites is 1. The molecule has 29 heavy (non-hydrogen) atoms. The number of benzene rings is 2. The van der Waals surface area contributed by atoms with Crippen LogP contribution in [0.5, 0.6) is 5.75 Å². The summed E-state index contributed by atoms with van der Waals surface area (Å²) in [5, 5.41) is 3.91. The first kappa shape index (κ1) is 19.2. The van der Waals surface area contributed by atoms with Crippen LogP contribution in [0.25, 0.3) is 6.08 Å². The molecule has 1 fully saturated rings. The third-order valence-electron chi connectivity index (χ3n) is 4.38. The van der Waals surface area contributed by atoms with Gasteiger partial charge in [0.25, 0.3) is 5.91 Å². The van der Waals surface area contributed by atoms with Gasteiger partial charge >= 0.3 is 0 Å². The zero-order chi connectivity index (χ0) is 20.4. The van der Waals surface area contributed by atoms with Crippen molar-refractivity contribution in [3.8, 4) is 5.75 Å². The Bertz CT molecular complexity index is 1120. The van der Waals surface area contributed by atoms with E-state index in [1.807, 2.05) is 43.3 Å². The quantitative estimate of drug-likeness (QED) is 0.457. The molecule has 1 saturated heterocycles. The highest BCUT2D eigenvalue weighted by Gasteiger charge is 2.32. The van der Waals surface area contributed by atoms with Crippen molar-refractivity contribution in [1.29, 1.82) is 0 Å². The molecule has 1 aromatic heterocycles. The van der Waals surface area contributed by atoms with Gasteiger partial charge < -0.3 is 14.5 Å². The average molecular weight is 425 g/mol. The number of amides is 1. The third kappa shape index (κ3) is 4.18. The lowest BCUT2D eigenvalue weighted by atomic mass is 10.2. The van der Waals surface area contributed by atoms with E-state index < -0.39 is 0 Å². The van der Waals surface area contributed by atoms with Gasteiger partial charge in [-0.3, -0.25) is 9.69 Å². The topological polar surface area (TPSA) is 54.7 Å². The second-order valence-corrected chi connectivity index (χ2v) is 7.29. The fraction of sp³-hybridized carbons (Fsp3) is 0.0909. The zero-order valence-electron chi connectivity index (χ0n) is 15.5. The fourth-order valence-electron chi connectivity index (χ4n) is 2.97. The molecule has 1 amide bonds. The van der Waals surface area contributed by atoms with Crippen molar-refractivity contribution in [2.45, 2.75) is 13.5 Å². The number of hydrogen-bond donors (Lipinski definition) is 1. The molecule has 0 bridgehead atoms. The summed E-state index contributed by atoms with van der Waals surface area (Å²) in [4.78, 5) is 14.3. The second-order valence-electron chi connectivity index (χ2n) is 6.47. The van der Waals surface area contributed by atoms with Gasteiger partial charge in [-0.25, -0.2) is 0 Å². The molecule has 0 spiro atoms. The van der Waals surface area contributed by atoms with Crippen molar-refractivity contribution < 1.29 is 13.9 Å². The highest BCUT2D eigenvalue weighted by atomic mass is 35.5. The van der Waals surface area contributed by atoms with Crippen LogP contribution in [0.15, 0.2) is 70.8 Å². The van der Waals surface area contributed by atoms with E-state index in [9.17, 15) is 4.79 Å². The van der Waals surface area contributed by atoms with Crippen LogP contribution in [0.1, 0.15) is 17.1 Å². The molecular formula is C22H17ClN2O3S. The van der Waals surface area contributed by atoms with Crippen molar-refractivity contribution in [3.63, 3.8) is 0 Å². The predicted octanol–water partition coefficient (Wildman–Crippen LogP) is 5.08. The molecule has 0 radical (unpaired) electrons. The van der Waals surface area contributed by atoms with Crippen LogP contribution >= 0.6 is 23.8 Å². The van der Waals surface area contributed by atoms with Crippen LogP contribution in [-0.2, 0) is 11.4 Å². The Balaban J connectivity index is 1.48. The number of furan rings is 1. The summed E-state index contributed by atoms with van der Waals surface area (Å²) < 4.78 is 11.4. The lowest BCUT2D eigenvalue weighted by molar-refractivity contribution is -0.113. The molecule has 1 aliphatic heterocycles. The molecular weight excluding hydrogens is 408 g/mol. The Morgan fingerprint density at radius 1 is 1.17 bits per heavy atom. The van der Waals surface area contributed by atoms with Gasteiger partial charge in [-0.15, -0.1) is 0 Å².